The molecule has 0 aliphatic carbocycles. The van der Waals surface area contributed by atoms with Gasteiger partial charge in [-0.3, -0.25) is 4.79 Å². The number of rotatable bonds is 5. The van der Waals surface area contributed by atoms with Gasteiger partial charge in [-0.05, 0) is 12.1 Å². The Labute approximate surface area is 122 Å². The van der Waals surface area contributed by atoms with Gasteiger partial charge in [0.25, 0.3) is 0 Å². The number of methoxy groups -OCH3 is 1. The zero-order chi connectivity index (χ0) is 14.5. The molecule has 0 aromatic heterocycles. The van der Waals surface area contributed by atoms with Crippen LogP contribution in [0.2, 0.25) is 5.02 Å². The number of hydrogen-bond acceptors (Lipinski definition) is 2. The third-order valence-corrected chi connectivity index (χ3v) is 3.30. The van der Waals surface area contributed by atoms with E-state index in [0.29, 0.717) is 16.1 Å². The van der Waals surface area contributed by atoms with E-state index in [0.717, 1.165) is 0 Å². The summed E-state index contributed by atoms with van der Waals surface area (Å²) in [6, 6.07) is 13.2. The molecule has 104 valence electrons. The number of hydrogen-bond donors (Lipinski definition) is 0. The van der Waals surface area contributed by atoms with E-state index in [4.69, 9.17) is 16.3 Å². The van der Waals surface area contributed by atoms with Gasteiger partial charge in [0.15, 0.2) is 5.78 Å². The summed E-state index contributed by atoms with van der Waals surface area (Å²) in [6.07, 6.45) is -0.543. The maximum atomic E-state index is 13.9. The third-order valence-electron chi connectivity index (χ3n) is 3.06. The molecule has 4 heteroatoms. The van der Waals surface area contributed by atoms with E-state index in [2.05, 4.69) is 0 Å². The topological polar surface area (TPSA) is 26.3 Å². The van der Waals surface area contributed by atoms with Gasteiger partial charge in [-0.1, -0.05) is 48.0 Å². The van der Waals surface area contributed by atoms with Crippen LogP contribution in [0.5, 0.6) is 0 Å². The van der Waals surface area contributed by atoms with Crippen molar-refractivity contribution in [3.63, 3.8) is 0 Å². The predicted molar refractivity (Wildman–Crippen MR) is 76.5 cm³/mol. The van der Waals surface area contributed by atoms with Crippen LogP contribution in [-0.2, 0) is 4.74 Å². The van der Waals surface area contributed by atoms with Crippen molar-refractivity contribution in [2.75, 3.05) is 7.11 Å². The van der Waals surface area contributed by atoms with Gasteiger partial charge in [-0.15, -0.1) is 0 Å². The van der Waals surface area contributed by atoms with Crippen molar-refractivity contribution in [2.45, 2.75) is 12.5 Å². The van der Waals surface area contributed by atoms with Gasteiger partial charge < -0.3 is 4.74 Å². The van der Waals surface area contributed by atoms with Crippen LogP contribution < -0.4 is 0 Å². The van der Waals surface area contributed by atoms with Gasteiger partial charge in [0.1, 0.15) is 5.82 Å². The molecule has 0 saturated carbocycles. The molecule has 0 saturated heterocycles. The van der Waals surface area contributed by atoms with E-state index in [1.807, 2.05) is 6.07 Å². The number of benzene rings is 2. The second-order valence-corrected chi connectivity index (χ2v) is 4.82. The van der Waals surface area contributed by atoms with Crippen LogP contribution in [0.3, 0.4) is 0 Å². The molecule has 2 nitrogen and oxygen atoms in total. The summed E-state index contributed by atoms with van der Waals surface area (Å²) in [4.78, 5) is 12.1. The minimum atomic E-state index is -0.625. The van der Waals surface area contributed by atoms with Crippen LogP contribution in [0.15, 0.2) is 48.5 Å². The Morgan fingerprint density at radius 3 is 2.55 bits per heavy atom. The fraction of sp³-hybridized carbons (Fsp3) is 0.188. The quantitative estimate of drug-likeness (QED) is 0.762. The molecule has 20 heavy (non-hydrogen) atoms. The normalized spacial score (nSPS) is 12.2. The van der Waals surface area contributed by atoms with Crippen molar-refractivity contribution in [1.82, 2.24) is 0 Å². The highest BCUT2D eigenvalue weighted by atomic mass is 35.5. The predicted octanol–water partition coefficient (Wildman–Crippen LogP) is 4.44. The lowest BCUT2D eigenvalue weighted by molar-refractivity contribution is 0.0717. The van der Waals surface area contributed by atoms with Crippen molar-refractivity contribution < 1.29 is 13.9 Å². The van der Waals surface area contributed by atoms with E-state index in [-0.39, 0.29) is 12.2 Å². The van der Waals surface area contributed by atoms with E-state index >= 15 is 0 Å². The first kappa shape index (κ1) is 14.7. The Kier molecular flexibility index (Phi) is 4.88. The molecule has 2 rings (SSSR count). The highest BCUT2D eigenvalue weighted by molar-refractivity contribution is 6.30. The van der Waals surface area contributed by atoms with E-state index in [1.54, 1.807) is 36.4 Å². The van der Waals surface area contributed by atoms with Gasteiger partial charge >= 0.3 is 0 Å². The molecular formula is C16H14ClFO2. The van der Waals surface area contributed by atoms with Crippen molar-refractivity contribution in [3.8, 4) is 0 Å². The summed E-state index contributed by atoms with van der Waals surface area (Å²) < 4.78 is 19.1. The molecule has 0 fully saturated rings. The Hall–Kier alpha value is -1.71. The molecule has 0 spiro atoms. The van der Waals surface area contributed by atoms with Crippen LogP contribution in [-0.4, -0.2) is 12.9 Å². The lowest BCUT2D eigenvalue weighted by atomic mass is 9.99. The Morgan fingerprint density at radius 2 is 1.95 bits per heavy atom. The fourth-order valence-corrected chi connectivity index (χ4v) is 2.15. The smallest absolute Gasteiger partial charge is 0.165 e. The highest BCUT2D eigenvalue weighted by Crippen LogP contribution is 2.26. The summed E-state index contributed by atoms with van der Waals surface area (Å²) in [7, 11) is 1.46. The summed E-state index contributed by atoms with van der Waals surface area (Å²) in [5, 5.41) is 0.315. The summed E-state index contributed by atoms with van der Waals surface area (Å²) in [5.41, 5.74) is 0.921. The van der Waals surface area contributed by atoms with Crippen LogP contribution in [0, 0.1) is 5.82 Å². The SMILES string of the molecule is COC(CC(=O)c1ccccc1)c1ccc(Cl)cc1F. The molecule has 0 radical (unpaired) electrons. The molecule has 0 N–H and O–H groups in total. The Morgan fingerprint density at radius 1 is 1.25 bits per heavy atom. The standard InChI is InChI=1S/C16H14ClFO2/c1-20-16(13-8-7-12(17)9-14(13)18)10-15(19)11-5-3-2-4-6-11/h2-9,16H,10H2,1H3. The van der Waals surface area contributed by atoms with Crippen molar-refractivity contribution in [2.24, 2.45) is 0 Å². The molecule has 0 amide bonds. The summed E-state index contributed by atoms with van der Waals surface area (Å²) in [5.74, 6) is -0.558. The number of ketones is 1. The number of carbonyl (C=O) groups is 1. The fourth-order valence-electron chi connectivity index (χ4n) is 1.99. The van der Waals surface area contributed by atoms with Gasteiger partial charge in [0, 0.05) is 29.7 Å². The zero-order valence-electron chi connectivity index (χ0n) is 11.0. The first-order chi connectivity index (χ1) is 9.61. The molecule has 0 heterocycles. The number of carbonyl (C=O) groups excluding carboxylic acids is 1. The van der Waals surface area contributed by atoms with Crippen LogP contribution in [0.25, 0.3) is 0 Å². The monoisotopic (exact) mass is 292 g/mol. The first-order valence-corrected chi connectivity index (χ1v) is 6.55. The molecule has 1 atom stereocenters. The molecule has 2 aromatic carbocycles. The number of ether oxygens (including phenoxy) is 1. The van der Waals surface area contributed by atoms with E-state index in [9.17, 15) is 9.18 Å². The Balaban J connectivity index is 2.19. The van der Waals surface area contributed by atoms with Gasteiger partial charge in [0.05, 0.1) is 6.10 Å². The maximum Gasteiger partial charge on any atom is 0.165 e. The molecule has 0 aliphatic rings. The average molecular weight is 293 g/mol. The van der Waals surface area contributed by atoms with Crippen LogP contribution in [0.4, 0.5) is 4.39 Å². The van der Waals surface area contributed by atoms with Gasteiger partial charge in [-0.25, -0.2) is 4.39 Å². The maximum absolute atomic E-state index is 13.9. The first-order valence-electron chi connectivity index (χ1n) is 6.18. The van der Waals surface area contributed by atoms with Crippen LogP contribution >= 0.6 is 11.6 Å². The van der Waals surface area contributed by atoms with Crippen molar-refractivity contribution in [1.29, 1.82) is 0 Å². The van der Waals surface area contributed by atoms with E-state index < -0.39 is 11.9 Å². The largest absolute Gasteiger partial charge is 0.376 e. The van der Waals surface area contributed by atoms with Crippen molar-refractivity contribution >= 4 is 17.4 Å². The molecule has 0 aliphatic heterocycles. The van der Waals surface area contributed by atoms with Gasteiger partial charge in [0.2, 0.25) is 0 Å². The molecule has 2 aromatic rings. The minimum Gasteiger partial charge on any atom is -0.376 e. The highest BCUT2D eigenvalue weighted by Gasteiger charge is 2.19. The second-order valence-electron chi connectivity index (χ2n) is 4.38. The lowest BCUT2D eigenvalue weighted by Crippen LogP contribution is -2.11. The average Bonchev–Trinajstić information content (AvgIpc) is 2.46. The minimum absolute atomic E-state index is 0.0824. The molecule has 1 unspecified atom stereocenters. The van der Waals surface area contributed by atoms with Gasteiger partial charge in [-0.2, -0.15) is 0 Å². The Bertz CT molecular complexity index is 599. The third kappa shape index (κ3) is 3.44. The number of halogens is 2. The number of Topliss-reactive ketones (excluding diaryl/α,β-unsaturated/α-hetero) is 1. The summed E-state index contributed by atoms with van der Waals surface area (Å²) >= 11 is 5.72. The van der Waals surface area contributed by atoms with Crippen LogP contribution in [0.1, 0.15) is 28.4 Å². The molecule has 0 bridgehead atoms. The molecular weight excluding hydrogens is 279 g/mol. The summed E-state index contributed by atoms with van der Waals surface area (Å²) in [6.45, 7) is 0. The lowest BCUT2D eigenvalue weighted by Gasteiger charge is -2.16. The second kappa shape index (κ2) is 6.64. The van der Waals surface area contributed by atoms with Crippen molar-refractivity contribution in [3.05, 3.63) is 70.5 Å². The van der Waals surface area contributed by atoms with E-state index in [1.165, 1.54) is 13.2 Å². The zero-order valence-corrected chi connectivity index (χ0v) is 11.7.